The van der Waals surface area contributed by atoms with E-state index in [-0.39, 0.29) is 23.5 Å². The van der Waals surface area contributed by atoms with Crippen LogP contribution in [0.25, 0.3) is 0 Å². The summed E-state index contributed by atoms with van der Waals surface area (Å²) < 4.78 is 0. The first-order valence-electron chi connectivity index (χ1n) is 9.67. The molecule has 3 amide bonds. The highest BCUT2D eigenvalue weighted by atomic mass is 16.2. The Morgan fingerprint density at radius 3 is 2.17 bits per heavy atom. The molecular weight excluding hydrogens is 302 g/mol. The Bertz CT molecular complexity index is 467. The van der Waals surface area contributed by atoms with Gasteiger partial charge in [0, 0.05) is 31.6 Å². The number of amides is 3. The summed E-state index contributed by atoms with van der Waals surface area (Å²) >= 11 is 0. The second-order valence-electron chi connectivity index (χ2n) is 8.89. The van der Waals surface area contributed by atoms with Gasteiger partial charge in [0.25, 0.3) is 0 Å². The van der Waals surface area contributed by atoms with E-state index in [9.17, 15) is 9.59 Å². The van der Waals surface area contributed by atoms with Gasteiger partial charge in [-0.3, -0.25) is 4.79 Å². The zero-order valence-electron chi connectivity index (χ0n) is 15.4. The lowest BCUT2D eigenvalue weighted by Gasteiger charge is -2.47. The second-order valence-corrected chi connectivity index (χ2v) is 8.89. The average molecular weight is 335 g/mol. The Morgan fingerprint density at radius 1 is 1.04 bits per heavy atom. The largest absolute Gasteiger partial charge is 0.343 e. The Morgan fingerprint density at radius 2 is 1.62 bits per heavy atom. The summed E-state index contributed by atoms with van der Waals surface area (Å²) in [5.74, 6) is 2.53. The van der Waals surface area contributed by atoms with Crippen molar-refractivity contribution >= 4 is 11.9 Å². The van der Waals surface area contributed by atoms with Gasteiger partial charge in [-0.1, -0.05) is 6.92 Å². The second kappa shape index (κ2) is 6.93. The minimum atomic E-state index is -0.0576. The van der Waals surface area contributed by atoms with Gasteiger partial charge in [0.2, 0.25) is 5.91 Å². The van der Waals surface area contributed by atoms with Crippen molar-refractivity contribution in [2.75, 3.05) is 13.1 Å². The molecule has 3 aliphatic rings. The number of likely N-dealkylation sites (tertiary alicyclic amines) is 1. The monoisotopic (exact) mass is 335 g/mol. The van der Waals surface area contributed by atoms with Crippen molar-refractivity contribution in [1.29, 1.82) is 0 Å². The number of carbonyl (C=O) groups excluding carboxylic acids is 2. The first kappa shape index (κ1) is 17.6. The molecule has 24 heavy (non-hydrogen) atoms. The van der Waals surface area contributed by atoms with E-state index < -0.39 is 0 Å². The molecule has 2 aliphatic carbocycles. The summed E-state index contributed by atoms with van der Waals surface area (Å²) in [7, 11) is 0. The third-order valence-corrected chi connectivity index (χ3v) is 6.31. The topological polar surface area (TPSA) is 61.4 Å². The van der Waals surface area contributed by atoms with Crippen LogP contribution in [0.5, 0.6) is 0 Å². The van der Waals surface area contributed by atoms with E-state index in [2.05, 4.69) is 24.5 Å². The highest BCUT2D eigenvalue weighted by molar-refractivity contribution is 5.75. The number of fused-ring (bicyclic) bond motifs is 2. The number of rotatable bonds is 2. The molecule has 5 heteroatoms. The number of urea groups is 1. The van der Waals surface area contributed by atoms with Crippen LogP contribution in [0.2, 0.25) is 0 Å². The van der Waals surface area contributed by atoms with Crippen LogP contribution < -0.4 is 10.6 Å². The lowest BCUT2D eigenvalue weighted by molar-refractivity contribution is -0.129. The zero-order valence-corrected chi connectivity index (χ0v) is 15.4. The van der Waals surface area contributed by atoms with E-state index in [4.69, 9.17) is 0 Å². The number of nitrogens with zero attached hydrogens (tertiary/aromatic N) is 1. The molecule has 2 N–H and O–H groups in total. The first-order chi connectivity index (χ1) is 11.3. The predicted molar refractivity (Wildman–Crippen MR) is 94.6 cm³/mol. The third kappa shape index (κ3) is 4.22. The Labute approximate surface area is 145 Å². The van der Waals surface area contributed by atoms with Gasteiger partial charge in [0.1, 0.15) is 0 Å². The predicted octanol–water partition coefficient (Wildman–Crippen LogP) is 2.90. The van der Waals surface area contributed by atoms with Gasteiger partial charge < -0.3 is 15.5 Å². The lowest BCUT2D eigenvalue weighted by Crippen LogP contribution is -2.57. The fourth-order valence-corrected chi connectivity index (χ4v) is 5.53. The van der Waals surface area contributed by atoms with E-state index >= 15 is 0 Å². The molecule has 0 aromatic heterocycles. The minimum absolute atomic E-state index is 0.0215. The summed E-state index contributed by atoms with van der Waals surface area (Å²) in [5, 5.41) is 6.43. The fraction of sp³-hybridized carbons (Fsp3) is 0.895. The summed E-state index contributed by atoms with van der Waals surface area (Å²) in [6.45, 7) is 7.71. The Balaban J connectivity index is 1.47. The third-order valence-electron chi connectivity index (χ3n) is 6.31. The standard InChI is InChI=1S/C19H33N3O2/c1-13-8-15-10-16(9-13)12-19(3,11-15)21-18(24)20-17-4-6-22(7-5-17)14(2)23/h13,15-17H,4-12H2,1-3H3,(H2,20,21,24)/t13?,15-,16?,19?/m0/s1. The lowest BCUT2D eigenvalue weighted by atomic mass is 9.63. The van der Waals surface area contributed by atoms with Gasteiger partial charge in [0.05, 0.1) is 0 Å². The molecule has 3 fully saturated rings. The molecule has 5 nitrogen and oxygen atoms in total. The molecule has 4 atom stereocenters. The maximum absolute atomic E-state index is 12.5. The summed E-state index contributed by atoms with van der Waals surface area (Å²) in [4.78, 5) is 25.7. The highest BCUT2D eigenvalue weighted by Crippen LogP contribution is 2.46. The molecule has 0 radical (unpaired) electrons. The van der Waals surface area contributed by atoms with Crippen molar-refractivity contribution in [1.82, 2.24) is 15.5 Å². The Kier molecular flexibility index (Phi) is 5.07. The minimum Gasteiger partial charge on any atom is -0.343 e. The molecule has 2 saturated carbocycles. The van der Waals surface area contributed by atoms with Gasteiger partial charge >= 0.3 is 6.03 Å². The van der Waals surface area contributed by atoms with Crippen LogP contribution in [0.1, 0.15) is 65.7 Å². The number of nitrogens with one attached hydrogen (secondary N) is 2. The van der Waals surface area contributed by atoms with Crippen molar-refractivity contribution in [3.05, 3.63) is 0 Å². The maximum Gasteiger partial charge on any atom is 0.315 e. The molecule has 1 heterocycles. The van der Waals surface area contributed by atoms with Crippen molar-refractivity contribution in [3.63, 3.8) is 0 Å². The highest BCUT2D eigenvalue weighted by Gasteiger charge is 2.41. The molecule has 1 aliphatic heterocycles. The number of piperidine rings is 1. The summed E-state index contributed by atoms with van der Waals surface area (Å²) in [6.07, 6.45) is 7.93. The van der Waals surface area contributed by atoms with E-state index in [0.717, 1.165) is 56.5 Å². The quantitative estimate of drug-likeness (QED) is 0.815. The molecule has 136 valence electrons. The van der Waals surface area contributed by atoms with Crippen LogP contribution in [-0.2, 0) is 4.79 Å². The molecule has 3 rings (SSSR count). The van der Waals surface area contributed by atoms with Gasteiger partial charge in [0.15, 0.2) is 0 Å². The SMILES string of the molecule is CC(=O)N1CCC(NC(=O)NC2(C)CC3CC(C)C[C@@H](C3)C2)CC1. The summed E-state index contributed by atoms with van der Waals surface area (Å²) in [6, 6.07) is 0.166. The number of hydrogen-bond donors (Lipinski definition) is 2. The number of hydrogen-bond acceptors (Lipinski definition) is 2. The smallest absolute Gasteiger partial charge is 0.315 e. The maximum atomic E-state index is 12.5. The molecule has 3 unspecified atom stereocenters. The molecule has 0 aromatic rings. The van der Waals surface area contributed by atoms with Crippen molar-refractivity contribution in [2.24, 2.45) is 17.8 Å². The summed E-state index contributed by atoms with van der Waals surface area (Å²) in [5.41, 5.74) is -0.0576. The van der Waals surface area contributed by atoms with E-state index in [1.807, 2.05) is 4.90 Å². The van der Waals surface area contributed by atoms with E-state index in [0.29, 0.717) is 0 Å². The number of carbonyl (C=O) groups is 2. The van der Waals surface area contributed by atoms with Gasteiger partial charge in [-0.25, -0.2) is 4.79 Å². The Hall–Kier alpha value is -1.26. The molecule has 0 aromatic carbocycles. The van der Waals surface area contributed by atoms with Crippen LogP contribution >= 0.6 is 0 Å². The van der Waals surface area contributed by atoms with Crippen molar-refractivity contribution in [3.8, 4) is 0 Å². The van der Waals surface area contributed by atoms with Gasteiger partial charge in [-0.2, -0.15) is 0 Å². The molecule has 2 bridgehead atoms. The molecular formula is C19H33N3O2. The van der Waals surface area contributed by atoms with Crippen LogP contribution in [0.15, 0.2) is 0 Å². The molecule has 0 spiro atoms. The zero-order chi connectivity index (χ0) is 17.3. The van der Waals surface area contributed by atoms with E-state index in [1.165, 1.54) is 19.3 Å². The van der Waals surface area contributed by atoms with Crippen LogP contribution in [0.4, 0.5) is 4.79 Å². The average Bonchev–Trinajstić information content (AvgIpc) is 2.45. The van der Waals surface area contributed by atoms with Crippen molar-refractivity contribution < 1.29 is 9.59 Å². The van der Waals surface area contributed by atoms with Gasteiger partial charge in [-0.15, -0.1) is 0 Å². The fourth-order valence-electron chi connectivity index (χ4n) is 5.53. The van der Waals surface area contributed by atoms with E-state index in [1.54, 1.807) is 6.92 Å². The normalized spacial score (nSPS) is 37.0. The van der Waals surface area contributed by atoms with Crippen LogP contribution in [0.3, 0.4) is 0 Å². The van der Waals surface area contributed by atoms with Gasteiger partial charge in [-0.05, 0) is 69.6 Å². The first-order valence-corrected chi connectivity index (χ1v) is 9.67. The van der Waals surface area contributed by atoms with Crippen molar-refractivity contribution in [2.45, 2.75) is 77.3 Å². The van der Waals surface area contributed by atoms with Crippen LogP contribution in [-0.4, -0.2) is 41.5 Å². The van der Waals surface area contributed by atoms with Crippen LogP contribution in [0, 0.1) is 17.8 Å². The molecule has 1 saturated heterocycles.